The minimum absolute atomic E-state index is 0. The van der Waals surface area contributed by atoms with E-state index < -0.39 is 0 Å². The molecule has 1 fully saturated rings. The van der Waals surface area contributed by atoms with E-state index in [2.05, 4.69) is 0 Å². The fraction of sp³-hybridized carbons (Fsp3) is 0.333. The number of aryl methyl sites for hydroxylation is 2. The van der Waals surface area contributed by atoms with Crippen molar-refractivity contribution in [3.8, 4) is 0 Å². The van der Waals surface area contributed by atoms with E-state index in [4.69, 9.17) is 10.2 Å². The summed E-state index contributed by atoms with van der Waals surface area (Å²) in [6.45, 7) is 5.69. The SMILES string of the molecule is Cc1cc(C(=O)N2CCN(C(=O)c3ccc(N)cc3)CC2)c(C)o1.Cl. The molecule has 0 radical (unpaired) electrons. The molecule has 0 atom stereocenters. The van der Waals surface area contributed by atoms with Crippen LogP contribution in [-0.4, -0.2) is 47.8 Å². The van der Waals surface area contributed by atoms with Crippen molar-refractivity contribution in [3.05, 3.63) is 53.0 Å². The number of halogens is 1. The van der Waals surface area contributed by atoms with Gasteiger partial charge in [0.2, 0.25) is 0 Å². The van der Waals surface area contributed by atoms with Crippen LogP contribution in [0.1, 0.15) is 32.2 Å². The molecule has 2 N–H and O–H groups in total. The first-order valence-electron chi connectivity index (χ1n) is 7.97. The van der Waals surface area contributed by atoms with Crippen molar-refractivity contribution in [2.24, 2.45) is 0 Å². The first-order chi connectivity index (χ1) is 11.5. The predicted octanol–water partition coefficient (Wildman–Crippen LogP) is 2.50. The van der Waals surface area contributed by atoms with Crippen molar-refractivity contribution < 1.29 is 14.0 Å². The first kappa shape index (κ1) is 18.9. The summed E-state index contributed by atoms with van der Waals surface area (Å²) in [5.41, 5.74) is 7.50. The average Bonchev–Trinajstić information content (AvgIpc) is 2.93. The lowest BCUT2D eigenvalue weighted by Crippen LogP contribution is -2.50. The summed E-state index contributed by atoms with van der Waals surface area (Å²) >= 11 is 0. The van der Waals surface area contributed by atoms with Crippen LogP contribution >= 0.6 is 12.4 Å². The molecule has 1 aliphatic rings. The summed E-state index contributed by atoms with van der Waals surface area (Å²) in [5.74, 6) is 1.30. The molecule has 6 nitrogen and oxygen atoms in total. The van der Waals surface area contributed by atoms with Gasteiger partial charge in [0.1, 0.15) is 11.5 Å². The van der Waals surface area contributed by atoms with Gasteiger partial charge in [0.25, 0.3) is 11.8 Å². The topological polar surface area (TPSA) is 79.8 Å². The van der Waals surface area contributed by atoms with Crippen LogP contribution in [0.25, 0.3) is 0 Å². The number of nitrogens with two attached hydrogens (primary N) is 1. The zero-order valence-corrected chi connectivity index (χ0v) is 15.1. The van der Waals surface area contributed by atoms with Gasteiger partial charge in [-0.1, -0.05) is 0 Å². The molecule has 1 aromatic heterocycles. The van der Waals surface area contributed by atoms with E-state index >= 15 is 0 Å². The Hall–Kier alpha value is -2.47. The van der Waals surface area contributed by atoms with Gasteiger partial charge in [-0.15, -0.1) is 12.4 Å². The third-order valence-corrected chi connectivity index (χ3v) is 4.28. The molecule has 3 rings (SSSR count). The van der Waals surface area contributed by atoms with E-state index in [9.17, 15) is 9.59 Å². The Bertz CT molecular complexity index is 762. The zero-order valence-electron chi connectivity index (χ0n) is 14.3. The van der Waals surface area contributed by atoms with Crippen molar-refractivity contribution in [1.82, 2.24) is 9.80 Å². The minimum Gasteiger partial charge on any atom is -0.466 e. The summed E-state index contributed by atoms with van der Waals surface area (Å²) in [4.78, 5) is 28.6. The second-order valence-corrected chi connectivity index (χ2v) is 6.03. The monoisotopic (exact) mass is 363 g/mol. The molecule has 2 heterocycles. The first-order valence-corrected chi connectivity index (χ1v) is 7.97. The van der Waals surface area contributed by atoms with Crippen LogP contribution in [0, 0.1) is 13.8 Å². The number of nitrogen functional groups attached to an aromatic ring is 1. The number of anilines is 1. The number of furan rings is 1. The summed E-state index contributed by atoms with van der Waals surface area (Å²) in [6.07, 6.45) is 0. The lowest BCUT2D eigenvalue weighted by molar-refractivity contribution is 0.0534. The van der Waals surface area contributed by atoms with Gasteiger partial charge in [0, 0.05) is 37.4 Å². The van der Waals surface area contributed by atoms with E-state index in [0.717, 1.165) is 5.76 Å². The van der Waals surface area contributed by atoms with Crippen LogP contribution in [0.4, 0.5) is 5.69 Å². The van der Waals surface area contributed by atoms with Crippen LogP contribution in [-0.2, 0) is 0 Å². The Balaban J connectivity index is 0.00000225. The highest BCUT2D eigenvalue weighted by Crippen LogP contribution is 2.18. The van der Waals surface area contributed by atoms with E-state index in [1.165, 1.54) is 0 Å². The van der Waals surface area contributed by atoms with Gasteiger partial charge in [-0.2, -0.15) is 0 Å². The molecule has 134 valence electrons. The number of piperazine rings is 1. The highest BCUT2D eigenvalue weighted by molar-refractivity contribution is 5.96. The molecule has 1 saturated heterocycles. The van der Waals surface area contributed by atoms with Crippen LogP contribution < -0.4 is 5.73 Å². The Kier molecular flexibility index (Phi) is 5.74. The van der Waals surface area contributed by atoms with Crippen molar-refractivity contribution in [2.75, 3.05) is 31.9 Å². The number of hydrogen-bond acceptors (Lipinski definition) is 4. The fourth-order valence-electron chi connectivity index (χ4n) is 2.93. The van der Waals surface area contributed by atoms with Crippen LogP contribution in [0.3, 0.4) is 0 Å². The fourth-order valence-corrected chi connectivity index (χ4v) is 2.93. The highest BCUT2D eigenvalue weighted by Gasteiger charge is 2.27. The second-order valence-electron chi connectivity index (χ2n) is 6.03. The molecular weight excluding hydrogens is 342 g/mol. The third-order valence-electron chi connectivity index (χ3n) is 4.28. The smallest absolute Gasteiger partial charge is 0.257 e. The molecular formula is C18H22ClN3O3. The minimum atomic E-state index is -0.0380. The van der Waals surface area contributed by atoms with Gasteiger partial charge in [0.15, 0.2) is 0 Å². The quantitative estimate of drug-likeness (QED) is 0.831. The molecule has 2 aromatic rings. The Morgan fingerprint density at radius 3 is 1.96 bits per heavy atom. The van der Waals surface area contributed by atoms with Gasteiger partial charge in [-0.05, 0) is 44.2 Å². The molecule has 0 saturated carbocycles. The van der Waals surface area contributed by atoms with Crippen LogP contribution in [0.5, 0.6) is 0 Å². The molecule has 2 amide bonds. The molecule has 0 aliphatic carbocycles. The maximum atomic E-state index is 12.6. The number of carbonyl (C=O) groups excluding carboxylic acids is 2. The maximum absolute atomic E-state index is 12.6. The van der Waals surface area contributed by atoms with Gasteiger partial charge in [0.05, 0.1) is 5.56 Å². The maximum Gasteiger partial charge on any atom is 0.257 e. The zero-order chi connectivity index (χ0) is 17.3. The van der Waals surface area contributed by atoms with Crippen molar-refractivity contribution in [3.63, 3.8) is 0 Å². The number of benzene rings is 1. The third kappa shape index (κ3) is 3.96. The van der Waals surface area contributed by atoms with Gasteiger partial charge in [-0.3, -0.25) is 9.59 Å². The number of rotatable bonds is 2. The molecule has 7 heteroatoms. The summed E-state index contributed by atoms with van der Waals surface area (Å²) < 4.78 is 5.43. The molecule has 0 spiro atoms. The van der Waals surface area contributed by atoms with Crippen molar-refractivity contribution in [1.29, 1.82) is 0 Å². The Morgan fingerprint density at radius 2 is 1.48 bits per heavy atom. The molecule has 0 bridgehead atoms. The van der Waals surface area contributed by atoms with E-state index in [1.807, 2.05) is 6.92 Å². The normalized spacial score (nSPS) is 14.2. The lowest BCUT2D eigenvalue weighted by atomic mass is 10.1. The van der Waals surface area contributed by atoms with E-state index in [0.29, 0.717) is 48.8 Å². The number of amides is 2. The van der Waals surface area contributed by atoms with Gasteiger partial charge >= 0.3 is 0 Å². The summed E-state index contributed by atoms with van der Waals surface area (Å²) in [5, 5.41) is 0. The number of nitrogens with zero attached hydrogens (tertiary/aromatic N) is 2. The second kappa shape index (κ2) is 7.61. The summed E-state index contributed by atoms with van der Waals surface area (Å²) in [7, 11) is 0. The van der Waals surface area contributed by atoms with Crippen molar-refractivity contribution >= 4 is 29.9 Å². The standard InChI is InChI=1S/C18H21N3O3.ClH/c1-12-11-16(13(2)24-12)18(23)21-9-7-20(8-10-21)17(22)14-3-5-15(19)6-4-14;/h3-6,11H,7-10,19H2,1-2H3;1H. The predicted molar refractivity (Wildman–Crippen MR) is 98.1 cm³/mol. The molecule has 1 aliphatic heterocycles. The number of carbonyl (C=O) groups is 2. The largest absolute Gasteiger partial charge is 0.466 e. The molecule has 25 heavy (non-hydrogen) atoms. The van der Waals surface area contributed by atoms with E-state index in [1.54, 1.807) is 47.1 Å². The van der Waals surface area contributed by atoms with Gasteiger partial charge in [-0.25, -0.2) is 0 Å². The highest BCUT2D eigenvalue weighted by atomic mass is 35.5. The Labute approximate surface area is 153 Å². The van der Waals surface area contributed by atoms with Crippen LogP contribution in [0.15, 0.2) is 34.7 Å². The summed E-state index contributed by atoms with van der Waals surface area (Å²) in [6, 6.07) is 8.66. The Morgan fingerprint density at radius 1 is 0.960 bits per heavy atom. The van der Waals surface area contributed by atoms with E-state index in [-0.39, 0.29) is 24.2 Å². The van der Waals surface area contributed by atoms with Crippen molar-refractivity contribution in [2.45, 2.75) is 13.8 Å². The lowest BCUT2D eigenvalue weighted by Gasteiger charge is -2.34. The molecule has 0 unspecified atom stereocenters. The molecule has 1 aromatic carbocycles. The average molecular weight is 364 g/mol. The number of hydrogen-bond donors (Lipinski definition) is 1. The van der Waals surface area contributed by atoms with Crippen LogP contribution in [0.2, 0.25) is 0 Å². The van der Waals surface area contributed by atoms with Gasteiger partial charge < -0.3 is 20.0 Å².